The number of nitrogens with zero attached hydrogens (tertiary/aromatic N) is 2. The minimum Gasteiger partial charge on any atom is -0.456 e. The van der Waals surface area contributed by atoms with Crippen LogP contribution < -0.4 is 5.32 Å². The van der Waals surface area contributed by atoms with Crippen LogP contribution in [0.3, 0.4) is 0 Å². The third-order valence-corrected chi connectivity index (χ3v) is 11.4. The molecule has 4 heteroatoms. The molecule has 7 aromatic carbocycles. The maximum atomic E-state index is 6.61. The van der Waals surface area contributed by atoms with Crippen molar-refractivity contribution in [1.82, 2.24) is 9.88 Å². The van der Waals surface area contributed by atoms with Crippen molar-refractivity contribution in [3.8, 4) is 11.1 Å². The molecule has 3 heterocycles. The predicted molar refractivity (Wildman–Crippen MR) is 231 cm³/mol. The van der Waals surface area contributed by atoms with Crippen molar-refractivity contribution in [2.75, 3.05) is 0 Å². The van der Waals surface area contributed by atoms with E-state index in [4.69, 9.17) is 9.41 Å². The molecule has 0 amide bonds. The summed E-state index contributed by atoms with van der Waals surface area (Å²) in [6.45, 7) is 0. The Kier molecular flexibility index (Phi) is 7.66. The summed E-state index contributed by atoms with van der Waals surface area (Å²) in [7, 11) is 0. The van der Waals surface area contributed by atoms with E-state index in [0.717, 1.165) is 57.0 Å². The summed E-state index contributed by atoms with van der Waals surface area (Å²) in [5, 5.41) is 7.42. The van der Waals surface area contributed by atoms with Gasteiger partial charge in [-0.1, -0.05) is 164 Å². The highest BCUT2D eigenvalue weighted by atomic mass is 16.3. The van der Waals surface area contributed by atoms with Crippen LogP contribution in [0.15, 0.2) is 204 Å². The highest BCUT2D eigenvalue weighted by Crippen LogP contribution is 2.44. The van der Waals surface area contributed by atoms with Gasteiger partial charge in [-0.15, -0.1) is 0 Å². The van der Waals surface area contributed by atoms with Gasteiger partial charge in [0.1, 0.15) is 17.5 Å². The van der Waals surface area contributed by atoms with Gasteiger partial charge in [-0.25, -0.2) is 0 Å². The molecule has 0 spiro atoms. The summed E-state index contributed by atoms with van der Waals surface area (Å²) in [6.07, 6.45) is 5.22. The second-order valence-corrected chi connectivity index (χ2v) is 14.7. The Morgan fingerprint density at radius 2 is 1.14 bits per heavy atom. The number of benzene rings is 7. The lowest BCUT2D eigenvalue weighted by Gasteiger charge is -2.26. The number of aromatic nitrogens is 1. The predicted octanol–water partition coefficient (Wildman–Crippen LogP) is 12.6. The van der Waals surface area contributed by atoms with Crippen molar-refractivity contribution in [3.63, 3.8) is 0 Å². The van der Waals surface area contributed by atoms with Crippen molar-refractivity contribution in [3.05, 3.63) is 228 Å². The van der Waals surface area contributed by atoms with Crippen LogP contribution in [-0.4, -0.2) is 10.3 Å². The number of furan rings is 1. The minimum atomic E-state index is -0.232. The fourth-order valence-electron chi connectivity index (χ4n) is 8.71. The van der Waals surface area contributed by atoms with Gasteiger partial charge in [0, 0.05) is 50.5 Å². The number of hydrogen-bond donors (Lipinski definition) is 1. The fraction of sp³-hybridized carbons (Fsp3) is 0.0577. The number of aliphatic imine (C=N–C) groups is 1. The molecule has 0 bridgehead atoms. The van der Waals surface area contributed by atoms with E-state index in [2.05, 4.69) is 204 Å². The average molecular weight is 720 g/mol. The molecule has 9 aromatic rings. The minimum absolute atomic E-state index is 0.0534. The third kappa shape index (κ3) is 5.49. The van der Waals surface area contributed by atoms with E-state index in [9.17, 15) is 0 Å². The number of para-hydroxylation sites is 2. The molecule has 0 fully saturated rings. The van der Waals surface area contributed by atoms with Crippen LogP contribution in [0, 0.1) is 0 Å². The van der Waals surface area contributed by atoms with E-state index in [-0.39, 0.29) is 12.2 Å². The van der Waals surface area contributed by atoms with Crippen molar-refractivity contribution >= 4 is 49.8 Å². The molecule has 2 aliphatic rings. The van der Waals surface area contributed by atoms with Gasteiger partial charge in [0.2, 0.25) is 0 Å². The second kappa shape index (κ2) is 13.3. The molecule has 2 unspecified atom stereocenters. The first kappa shape index (κ1) is 32.3. The third-order valence-electron chi connectivity index (χ3n) is 11.4. The van der Waals surface area contributed by atoms with Crippen LogP contribution in [0.4, 0.5) is 0 Å². The topological polar surface area (TPSA) is 42.5 Å². The van der Waals surface area contributed by atoms with Crippen LogP contribution in [0.5, 0.6) is 0 Å². The Labute approximate surface area is 325 Å². The van der Waals surface area contributed by atoms with Gasteiger partial charge < -0.3 is 14.3 Å². The summed E-state index contributed by atoms with van der Waals surface area (Å²) < 4.78 is 9.16. The SMILES string of the molecule is C1=C(c2ccc(-c3ccccc3)cc2)NC(c2ccccc2)N=C1c1ccc2c3ccccc3n(C3C=C(c4ccccc4)c4oc5ccccc5c4C3)c2c1. The number of rotatable bonds is 6. The highest BCUT2D eigenvalue weighted by Gasteiger charge is 2.29. The van der Waals surface area contributed by atoms with Crippen LogP contribution in [0.25, 0.3) is 55.2 Å². The maximum Gasteiger partial charge on any atom is 0.145 e. The molecule has 266 valence electrons. The van der Waals surface area contributed by atoms with E-state index >= 15 is 0 Å². The molecule has 56 heavy (non-hydrogen) atoms. The van der Waals surface area contributed by atoms with Crippen LogP contribution in [0.2, 0.25) is 0 Å². The molecule has 2 aromatic heterocycles. The average Bonchev–Trinajstić information content (AvgIpc) is 3.82. The van der Waals surface area contributed by atoms with Crippen molar-refractivity contribution < 1.29 is 4.42 Å². The van der Waals surface area contributed by atoms with Crippen molar-refractivity contribution in [1.29, 1.82) is 0 Å². The van der Waals surface area contributed by atoms with E-state index in [1.807, 2.05) is 0 Å². The first-order valence-corrected chi connectivity index (χ1v) is 19.3. The van der Waals surface area contributed by atoms with Gasteiger partial charge in [0.15, 0.2) is 0 Å². The van der Waals surface area contributed by atoms with Crippen LogP contribution in [0.1, 0.15) is 45.8 Å². The lowest BCUT2D eigenvalue weighted by molar-refractivity contribution is 0.567. The Morgan fingerprint density at radius 1 is 0.536 bits per heavy atom. The van der Waals surface area contributed by atoms with E-state index in [1.54, 1.807) is 0 Å². The van der Waals surface area contributed by atoms with Gasteiger partial charge in [-0.05, 0) is 58.2 Å². The quantitative estimate of drug-likeness (QED) is 0.186. The largest absolute Gasteiger partial charge is 0.456 e. The Morgan fingerprint density at radius 3 is 1.93 bits per heavy atom. The van der Waals surface area contributed by atoms with Gasteiger partial charge >= 0.3 is 0 Å². The summed E-state index contributed by atoms with van der Waals surface area (Å²) >= 11 is 0. The number of hydrogen-bond acceptors (Lipinski definition) is 3. The number of allylic oxidation sites excluding steroid dienone is 2. The van der Waals surface area contributed by atoms with Gasteiger partial charge in [-0.2, -0.15) is 0 Å². The molecule has 2 atom stereocenters. The first-order valence-electron chi connectivity index (χ1n) is 19.3. The first-order chi connectivity index (χ1) is 27.7. The monoisotopic (exact) mass is 719 g/mol. The zero-order valence-electron chi connectivity index (χ0n) is 30.6. The maximum absolute atomic E-state index is 6.61. The molecule has 1 aliphatic heterocycles. The lowest BCUT2D eigenvalue weighted by atomic mass is 9.88. The zero-order chi connectivity index (χ0) is 37.0. The summed E-state index contributed by atoms with van der Waals surface area (Å²) in [4.78, 5) is 5.37. The van der Waals surface area contributed by atoms with Crippen LogP contribution >= 0.6 is 0 Å². The summed E-state index contributed by atoms with van der Waals surface area (Å²) in [6, 6.07) is 64.7. The Balaban J connectivity index is 1.07. The molecule has 1 N–H and O–H groups in total. The van der Waals surface area contributed by atoms with Crippen LogP contribution in [-0.2, 0) is 6.42 Å². The summed E-state index contributed by atoms with van der Waals surface area (Å²) in [5.74, 6) is 0.973. The molecule has 0 saturated heterocycles. The van der Waals surface area contributed by atoms with E-state index < -0.39 is 0 Å². The number of nitrogens with one attached hydrogen (secondary N) is 1. The van der Waals surface area contributed by atoms with Gasteiger partial charge in [0.25, 0.3) is 0 Å². The zero-order valence-corrected chi connectivity index (χ0v) is 30.6. The summed E-state index contributed by atoms with van der Waals surface area (Å²) in [5.41, 5.74) is 14.6. The van der Waals surface area contributed by atoms with Gasteiger partial charge in [-0.3, -0.25) is 4.99 Å². The fourth-order valence-corrected chi connectivity index (χ4v) is 8.71. The van der Waals surface area contributed by atoms with Crippen molar-refractivity contribution in [2.45, 2.75) is 18.6 Å². The lowest BCUT2D eigenvalue weighted by Crippen LogP contribution is -2.24. The molecular formula is C52H37N3O. The van der Waals surface area contributed by atoms with E-state index in [0.29, 0.717) is 0 Å². The Hall–Kier alpha value is -7.17. The van der Waals surface area contributed by atoms with Crippen molar-refractivity contribution in [2.24, 2.45) is 4.99 Å². The molecule has 0 radical (unpaired) electrons. The molecule has 0 saturated carbocycles. The number of fused-ring (bicyclic) bond motifs is 6. The smallest absolute Gasteiger partial charge is 0.145 e. The molecular weight excluding hydrogens is 683 g/mol. The molecule has 4 nitrogen and oxygen atoms in total. The Bertz CT molecular complexity index is 3000. The highest BCUT2D eigenvalue weighted by molar-refractivity contribution is 6.16. The molecule has 11 rings (SSSR count). The second-order valence-electron chi connectivity index (χ2n) is 14.7. The normalized spacial score (nSPS) is 16.6. The van der Waals surface area contributed by atoms with Gasteiger partial charge in [0.05, 0.1) is 17.3 Å². The standard InChI is InChI=1S/C52H37N3O/c1-4-14-34(15-5-1)35-24-26-37(27-25-35)46-33-47(54-52(53-46)38-18-8-3-9-19-38)39-28-29-42-41-20-10-12-22-48(41)55(49(42)30-39)40-31-44(36-16-6-2-7-17-36)51-45(32-40)43-21-11-13-23-50(43)56-51/h1-31,33,40,52-53H,32H2. The van der Waals surface area contributed by atoms with E-state index in [1.165, 1.54) is 43.9 Å². The molecule has 1 aliphatic carbocycles.